The third-order valence-electron chi connectivity index (χ3n) is 5.50. The fourth-order valence-electron chi connectivity index (χ4n) is 3.78. The van der Waals surface area contributed by atoms with Crippen molar-refractivity contribution in [1.29, 1.82) is 0 Å². The van der Waals surface area contributed by atoms with E-state index in [1.807, 2.05) is 13.8 Å². The van der Waals surface area contributed by atoms with Gasteiger partial charge in [-0.3, -0.25) is 14.2 Å². The second kappa shape index (κ2) is 9.88. The predicted molar refractivity (Wildman–Crippen MR) is 128 cm³/mol. The number of aromatic nitrogens is 2. The van der Waals surface area contributed by atoms with Crippen molar-refractivity contribution >= 4 is 28.6 Å². The van der Waals surface area contributed by atoms with Crippen LogP contribution in [-0.2, 0) is 17.0 Å². The molecule has 1 N–H and O–H groups in total. The number of aryl methyl sites for hydroxylation is 1. The van der Waals surface area contributed by atoms with Crippen LogP contribution in [0.25, 0.3) is 10.9 Å². The molecule has 0 radical (unpaired) electrons. The van der Waals surface area contributed by atoms with Gasteiger partial charge in [0.25, 0.3) is 11.5 Å². The number of carbonyl (C=O) groups excluding carboxylic acids is 1. The molecule has 1 atom stereocenters. The maximum atomic E-state index is 13.4. The summed E-state index contributed by atoms with van der Waals surface area (Å²) in [6, 6.07) is 13.5. The summed E-state index contributed by atoms with van der Waals surface area (Å²) >= 11 is 1.54. The smallest absolute Gasteiger partial charge is 0.262 e. The molecule has 6 nitrogen and oxygen atoms in total. The van der Waals surface area contributed by atoms with Crippen LogP contribution < -0.4 is 10.9 Å². The molecular formula is C25H29N3O3S. The van der Waals surface area contributed by atoms with Crippen molar-refractivity contribution in [2.45, 2.75) is 63.2 Å². The largest absolute Gasteiger partial charge is 0.376 e. The molecule has 32 heavy (non-hydrogen) atoms. The first-order valence-electron chi connectivity index (χ1n) is 11.1. The minimum atomic E-state index is -0.166. The van der Waals surface area contributed by atoms with E-state index >= 15 is 0 Å². The van der Waals surface area contributed by atoms with Crippen LogP contribution in [0.2, 0.25) is 0 Å². The minimum Gasteiger partial charge on any atom is -0.376 e. The Hall–Kier alpha value is -2.64. The van der Waals surface area contributed by atoms with Crippen molar-refractivity contribution in [2.24, 2.45) is 0 Å². The Bertz CT molecular complexity index is 1170. The Kier molecular flexibility index (Phi) is 6.96. The van der Waals surface area contributed by atoms with E-state index < -0.39 is 0 Å². The van der Waals surface area contributed by atoms with Gasteiger partial charge in [-0.2, -0.15) is 0 Å². The lowest BCUT2D eigenvalue weighted by molar-refractivity contribution is 0.0937. The topological polar surface area (TPSA) is 73.2 Å². The summed E-state index contributed by atoms with van der Waals surface area (Å²) in [5.74, 6) is 0.540. The van der Waals surface area contributed by atoms with Crippen LogP contribution in [0.5, 0.6) is 0 Å². The van der Waals surface area contributed by atoms with E-state index in [9.17, 15) is 9.59 Å². The number of nitrogens with zero attached hydrogens (tertiary/aromatic N) is 2. The summed E-state index contributed by atoms with van der Waals surface area (Å²) in [5.41, 5.74) is 3.34. The molecule has 0 bridgehead atoms. The van der Waals surface area contributed by atoms with E-state index in [-0.39, 0.29) is 23.6 Å². The molecule has 0 spiro atoms. The molecule has 2 aromatic carbocycles. The van der Waals surface area contributed by atoms with Gasteiger partial charge in [0.2, 0.25) is 0 Å². The van der Waals surface area contributed by atoms with Gasteiger partial charge in [-0.25, -0.2) is 4.98 Å². The highest BCUT2D eigenvalue weighted by Crippen LogP contribution is 2.24. The lowest BCUT2D eigenvalue weighted by Crippen LogP contribution is -2.31. The van der Waals surface area contributed by atoms with Crippen LogP contribution in [0.15, 0.2) is 52.4 Å². The highest BCUT2D eigenvalue weighted by molar-refractivity contribution is 7.98. The summed E-state index contributed by atoms with van der Waals surface area (Å²) in [6.45, 7) is 7.13. The average Bonchev–Trinajstić information content (AvgIpc) is 3.28. The zero-order valence-corrected chi connectivity index (χ0v) is 19.6. The molecule has 1 fully saturated rings. The SMILES string of the molecule is Cc1ccc(CSc2nc3cc(C(=O)NC(C)C)ccc3c(=O)n2C[C@@H]2CCCO2)cc1. The summed E-state index contributed by atoms with van der Waals surface area (Å²) in [4.78, 5) is 30.7. The van der Waals surface area contributed by atoms with Gasteiger partial charge in [-0.05, 0) is 57.4 Å². The first-order valence-corrected chi connectivity index (χ1v) is 12.0. The Morgan fingerprint density at radius 2 is 2.03 bits per heavy atom. The molecule has 1 aliphatic rings. The molecule has 1 aromatic heterocycles. The highest BCUT2D eigenvalue weighted by atomic mass is 32.2. The Morgan fingerprint density at radius 1 is 1.25 bits per heavy atom. The van der Waals surface area contributed by atoms with Gasteiger partial charge < -0.3 is 10.1 Å². The number of benzene rings is 2. The van der Waals surface area contributed by atoms with Gasteiger partial charge in [0.05, 0.1) is 23.6 Å². The first-order chi connectivity index (χ1) is 15.4. The van der Waals surface area contributed by atoms with Gasteiger partial charge in [0.15, 0.2) is 5.16 Å². The standard InChI is InChI=1S/C25H29N3O3S/c1-16(2)26-23(29)19-10-11-21-22(13-19)27-25(32-15-18-8-6-17(3)7-9-18)28(24(21)30)14-20-5-4-12-31-20/h6-11,13,16,20H,4-5,12,14-15H2,1-3H3,(H,26,29)/t20-/m0/s1. The quantitative estimate of drug-likeness (QED) is 0.428. The maximum Gasteiger partial charge on any atom is 0.262 e. The summed E-state index contributed by atoms with van der Waals surface area (Å²) in [7, 11) is 0. The number of carbonyl (C=O) groups is 1. The molecule has 0 saturated carbocycles. The lowest BCUT2D eigenvalue weighted by Gasteiger charge is -2.17. The Balaban J connectivity index is 1.71. The van der Waals surface area contributed by atoms with Crippen LogP contribution in [0.1, 0.15) is 48.2 Å². The summed E-state index contributed by atoms with van der Waals surface area (Å²) in [5, 5.41) is 4.06. The van der Waals surface area contributed by atoms with E-state index in [0.29, 0.717) is 33.9 Å². The van der Waals surface area contributed by atoms with Crippen LogP contribution in [-0.4, -0.2) is 34.2 Å². The zero-order valence-electron chi connectivity index (χ0n) is 18.8. The normalized spacial score (nSPS) is 16.1. The third-order valence-corrected chi connectivity index (χ3v) is 6.55. The molecular weight excluding hydrogens is 422 g/mol. The third kappa shape index (κ3) is 5.22. The predicted octanol–water partition coefficient (Wildman–Crippen LogP) is 4.31. The van der Waals surface area contributed by atoms with Crippen molar-refractivity contribution in [1.82, 2.24) is 14.9 Å². The van der Waals surface area contributed by atoms with E-state index in [2.05, 4.69) is 36.5 Å². The van der Waals surface area contributed by atoms with Gasteiger partial charge >= 0.3 is 0 Å². The van der Waals surface area contributed by atoms with E-state index in [1.54, 1.807) is 22.8 Å². The number of amides is 1. The molecule has 4 rings (SSSR count). The van der Waals surface area contributed by atoms with Crippen LogP contribution >= 0.6 is 11.8 Å². The van der Waals surface area contributed by atoms with Gasteiger partial charge in [0, 0.05) is 24.0 Å². The molecule has 1 saturated heterocycles. The minimum absolute atomic E-state index is 0.0294. The number of fused-ring (bicyclic) bond motifs is 1. The summed E-state index contributed by atoms with van der Waals surface area (Å²) in [6.07, 6.45) is 1.99. The van der Waals surface area contributed by atoms with Crippen molar-refractivity contribution in [3.8, 4) is 0 Å². The van der Waals surface area contributed by atoms with Crippen LogP contribution in [0.3, 0.4) is 0 Å². The van der Waals surface area contributed by atoms with Crippen molar-refractivity contribution in [3.05, 3.63) is 69.5 Å². The highest BCUT2D eigenvalue weighted by Gasteiger charge is 2.21. The van der Waals surface area contributed by atoms with E-state index in [1.165, 1.54) is 22.9 Å². The number of thioether (sulfide) groups is 1. The van der Waals surface area contributed by atoms with Gasteiger partial charge in [0.1, 0.15) is 0 Å². The van der Waals surface area contributed by atoms with Crippen molar-refractivity contribution in [2.75, 3.05) is 6.61 Å². The number of hydrogen-bond acceptors (Lipinski definition) is 5. The second-order valence-electron chi connectivity index (χ2n) is 8.58. The maximum absolute atomic E-state index is 13.4. The average molecular weight is 452 g/mol. The molecule has 1 amide bonds. The van der Waals surface area contributed by atoms with Crippen molar-refractivity contribution < 1.29 is 9.53 Å². The van der Waals surface area contributed by atoms with Crippen LogP contribution in [0, 0.1) is 6.92 Å². The zero-order chi connectivity index (χ0) is 22.7. The Labute approximate surface area is 192 Å². The molecule has 7 heteroatoms. The molecule has 3 aromatic rings. The fourth-order valence-corrected chi connectivity index (χ4v) is 4.75. The summed E-state index contributed by atoms with van der Waals surface area (Å²) < 4.78 is 7.53. The number of nitrogens with one attached hydrogen (secondary N) is 1. The molecule has 168 valence electrons. The monoisotopic (exact) mass is 451 g/mol. The first kappa shape index (κ1) is 22.6. The Morgan fingerprint density at radius 3 is 2.72 bits per heavy atom. The molecule has 0 unspecified atom stereocenters. The van der Waals surface area contributed by atoms with E-state index in [0.717, 1.165) is 19.4 Å². The number of rotatable bonds is 7. The molecule has 1 aliphatic heterocycles. The number of ether oxygens (including phenoxy) is 1. The number of hydrogen-bond donors (Lipinski definition) is 1. The lowest BCUT2D eigenvalue weighted by atomic mass is 10.1. The fraction of sp³-hybridized carbons (Fsp3) is 0.400. The van der Waals surface area contributed by atoms with Gasteiger partial charge in [-0.15, -0.1) is 0 Å². The van der Waals surface area contributed by atoms with E-state index in [4.69, 9.17) is 9.72 Å². The van der Waals surface area contributed by atoms with Gasteiger partial charge in [-0.1, -0.05) is 41.6 Å². The molecule has 0 aliphatic carbocycles. The molecule has 2 heterocycles. The second-order valence-corrected chi connectivity index (χ2v) is 9.52. The van der Waals surface area contributed by atoms with Crippen LogP contribution in [0.4, 0.5) is 0 Å². The van der Waals surface area contributed by atoms with Crippen molar-refractivity contribution in [3.63, 3.8) is 0 Å².